The molecule has 0 radical (unpaired) electrons. The van der Waals surface area contributed by atoms with Crippen molar-refractivity contribution in [2.45, 2.75) is 37.8 Å². The van der Waals surface area contributed by atoms with E-state index < -0.39 is 10.0 Å². The molecule has 1 heterocycles. The maximum absolute atomic E-state index is 12.9. The van der Waals surface area contributed by atoms with Crippen LogP contribution < -0.4 is 0 Å². The van der Waals surface area contributed by atoms with Crippen LogP contribution in [0.3, 0.4) is 0 Å². The fourth-order valence-corrected chi connectivity index (χ4v) is 4.92. The summed E-state index contributed by atoms with van der Waals surface area (Å²) >= 11 is 0. The minimum atomic E-state index is -3.44. The van der Waals surface area contributed by atoms with Gasteiger partial charge in [0.1, 0.15) is 0 Å². The number of hydrogen-bond acceptors (Lipinski definition) is 2. The van der Waals surface area contributed by atoms with Gasteiger partial charge in [0.2, 0.25) is 10.0 Å². The third-order valence-corrected chi connectivity index (χ3v) is 6.12. The van der Waals surface area contributed by atoms with Crippen LogP contribution in [0, 0.1) is 12.8 Å². The fourth-order valence-electron chi connectivity index (χ4n) is 3.02. The van der Waals surface area contributed by atoms with Crippen LogP contribution in [0.5, 0.6) is 0 Å². The van der Waals surface area contributed by atoms with Crippen LogP contribution in [0.25, 0.3) is 0 Å². The van der Waals surface area contributed by atoms with Crippen molar-refractivity contribution in [3.8, 4) is 0 Å². The second kappa shape index (κ2) is 5.52. The second-order valence-electron chi connectivity index (χ2n) is 6.24. The summed E-state index contributed by atoms with van der Waals surface area (Å²) in [7, 11) is -3.44. The molecule has 22 heavy (non-hydrogen) atoms. The molecule has 3 atom stereocenters. The van der Waals surface area contributed by atoms with Crippen LogP contribution in [0.1, 0.15) is 31.0 Å². The molecular formula is C18H21NO2S. The van der Waals surface area contributed by atoms with E-state index in [1.165, 1.54) is 0 Å². The molecule has 2 aromatic carbocycles. The van der Waals surface area contributed by atoms with Gasteiger partial charge in [0.25, 0.3) is 0 Å². The van der Waals surface area contributed by atoms with E-state index >= 15 is 0 Å². The minimum absolute atomic E-state index is 0.0358. The molecule has 0 bridgehead atoms. The SMILES string of the molecule is Cc1ccc(S(=O)(=O)N2C(c3ccccc3)C2C(C)C)cc1. The summed E-state index contributed by atoms with van der Waals surface area (Å²) in [5.41, 5.74) is 2.13. The number of rotatable bonds is 4. The Morgan fingerprint density at radius 2 is 1.55 bits per heavy atom. The Hall–Kier alpha value is -1.65. The highest BCUT2D eigenvalue weighted by Crippen LogP contribution is 2.50. The molecule has 3 unspecified atom stereocenters. The van der Waals surface area contributed by atoms with Crippen molar-refractivity contribution in [2.24, 2.45) is 5.92 Å². The average molecular weight is 315 g/mol. The zero-order chi connectivity index (χ0) is 15.9. The van der Waals surface area contributed by atoms with Gasteiger partial charge < -0.3 is 0 Å². The van der Waals surface area contributed by atoms with E-state index in [0.717, 1.165) is 11.1 Å². The lowest BCUT2D eigenvalue weighted by atomic mass is 10.0. The first-order chi connectivity index (χ1) is 10.4. The van der Waals surface area contributed by atoms with Crippen LogP contribution in [0.15, 0.2) is 59.5 Å². The predicted molar refractivity (Wildman–Crippen MR) is 88.0 cm³/mol. The van der Waals surface area contributed by atoms with Crippen molar-refractivity contribution >= 4 is 10.0 Å². The van der Waals surface area contributed by atoms with E-state index in [1.54, 1.807) is 16.4 Å². The van der Waals surface area contributed by atoms with Crippen LogP contribution in [-0.2, 0) is 10.0 Å². The average Bonchev–Trinajstić information content (AvgIpc) is 3.25. The van der Waals surface area contributed by atoms with Crippen molar-refractivity contribution in [1.82, 2.24) is 4.31 Å². The Bertz CT molecular complexity index is 751. The van der Waals surface area contributed by atoms with Gasteiger partial charge in [0.05, 0.1) is 10.9 Å². The Labute approximate surface area is 132 Å². The molecule has 1 fully saturated rings. The minimum Gasteiger partial charge on any atom is -0.207 e. The van der Waals surface area contributed by atoms with Gasteiger partial charge in [-0.15, -0.1) is 0 Å². The van der Waals surface area contributed by atoms with Crippen LogP contribution in [-0.4, -0.2) is 18.8 Å². The fraction of sp³-hybridized carbons (Fsp3) is 0.333. The molecule has 0 saturated carbocycles. The third kappa shape index (κ3) is 2.57. The van der Waals surface area contributed by atoms with Crippen LogP contribution in [0.4, 0.5) is 0 Å². The first-order valence-corrected chi connectivity index (χ1v) is 9.02. The quantitative estimate of drug-likeness (QED) is 0.806. The summed E-state index contributed by atoms with van der Waals surface area (Å²) in [5, 5.41) is 0. The predicted octanol–water partition coefficient (Wildman–Crippen LogP) is 3.77. The highest BCUT2D eigenvalue weighted by atomic mass is 32.2. The van der Waals surface area contributed by atoms with Crippen molar-refractivity contribution in [2.75, 3.05) is 0 Å². The van der Waals surface area contributed by atoms with E-state index in [1.807, 2.05) is 49.4 Å². The Morgan fingerprint density at radius 1 is 0.955 bits per heavy atom. The molecule has 4 heteroatoms. The second-order valence-corrected chi connectivity index (χ2v) is 8.08. The summed E-state index contributed by atoms with van der Waals surface area (Å²) in [6.45, 7) is 6.11. The lowest BCUT2D eigenvalue weighted by molar-refractivity contribution is 0.517. The molecule has 0 aromatic heterocycles. The van der Waals surface area contributed by atoms with Gasteiger partial charge in [-0.25, -0.2) is 8.42 Å². The van der Waals surface area contributed by atoms with E-state index in [2.05, 4.69) is 13.8 Å². The van der Waals surface area contributed by atoms with Gasteiger partial charge in [-0.05, 0) is 30.5 Å². The van der Waals surface area contributed by atoms with Gasteiger partial charge >= 0.3 is 0 Å². The maximum Gasteiger partial charge on any atom is 0.244 e. The monoisotopic (exact) mass is 315 g/mol. The van der Waals surface area contributed by atoms with Gasteiger partial charge in [0.15, 0.2) is 0 Å². The highest BCUT2D eigenvalue weighted by molar-refractivity contribution is 7.89. The summed E-state index contributed by atoms with van der Waals surface area (Å²) in [6, 6.07) is 17.0. The van der Waals surface area contributed by atoms with Gasteiger partial charge in [-0.3, -0.25) is 0 Å². The molecule has 1 saturated heterocycles. The van der Waals surface area contributed by atoms with Crippen molar-refractivity contribution in [3.05, 3.63) is 65.7 Å². The summed E-state index contributed by atoms with van der Waals surface area (Å²) in [4.78, 5) is 0.377. The number of aryl methyl sites for hydroxylation is 1. The molecule has 1 aliphatic rings. The van der Waals surface area contributed by atoms with Crippen molar-refractivity contribution < 1.29 is 8.42 Å². The largest absolute Gasteiger partial charge is 0.244 e. The number of nitrogens with zero attached hydrogens (tertiary/aromatic N) is 1. The topological polar surface area (TPSA) is 37.1 Å². The zero-order valence-corrected chi connectivity index (χ0v) is 13.9. The summed E-state index contributed by atoms with van der Waals surface area (Å²) in [6.07, 6.45) is 0. The van der Waals surface area contributed by atoms with Crippen molar-refractivity contribution in [1.29, 1.82) is 0 Å². The van der Waals surface area contributed by atoms with E-state index in [4.69, 9.17) is 0 Å². The number of benzene rings is 2. The number of sulfonamides is 1. The molecule has 0 N–H and O–H groups in total. The van der Waals surface area contributed by atoms with E-state index in [9.17, 15) is 8.42 Å². The molecule has 3 nitrogen and oxygen atoms in total. The normalized spacial score (nSPS) is 24.5. The Morgan fingerprint density at radius 3 is 2.09 bits per heavy atom. The maximum atomic E-state index is 12.9. The van der Waals surface area contributed by atoms with Crippen LogP contribution in [0.2, 0.25) is 0 Å². The highest BCUT2D eigenvalue weighted by Gasteiger charge is 2.57. The first-order valence-electron chi connectivity index (χ1n) is 7.58. The van der Waals surface area contributed by atoms with Crippen molar-refractivity contribution in [3.63, 3.8) is 0 Å². The van der Waals surface area contributed by atoms with E-state index in [-0.39, 0.29) is 18.0 Å². The molecule has 1 aliphatic heterocycles. The molecule has 2 aromatic rings. The van der Waals surface area contributed by atoms with Gasteiger partial charge in [-0.1, -0.05) is 61.9 Å². The molecular weight excluding hydrogens is 294 g/mol. The molecule has 0 amide bonds. The van der Waals surface area contributed by atoms with Gasteiger partial charge in [0, 0.05) is 6.04 Å². The molecule has 3 rings (SSSR count). The summed E-state index contributed by atoms with van der Waals surface area (Å²) < 4.78 is 27.5. The van der Waals surface area contributed by atoms with Crippen LogP contribution >= 0.6 is 0 Å². The summed E-state index contributed by atoms with van der Waals surface area (Å²) in [5.74, 6) is 0.283. The Balaban J connectivity index is 1.97. The molecule has 0 spiro atoms. The standard InChI is InChI=1S/C18H21NO2S/c1-13(2)17-18(15-7-5-4-6-8-15)19(17)22(20,21)16-11-9-14(3)10-12-16/h4-13,17-18H,1-3H3. The van der Waals surface area contributed by atoms with E-state index in [0.29, 0.717) is 4.90 Å². The lowest BCUT2D eigenvalue weighted by Gasteiger charge is -2.08. The Kier molecular flexibility index (Phi) is 3.83. The third-order valence-electron chi connectivity index (χ3n) is 4.22. The lowest BCUT2D eigenvalue weighted by Crippen LogP contribution is -2.17. The molecule has 0 aliphatic carbocycles. The van der Waals surface area contributed by atoms with Gasteiger partial charge in [-0.2, -0.15) is 4.31 Å². The first kappa shape index (κ1) is 15.3. The smallest absolute Gasteiger partial charge is 0.207 e. The number of hydrogen-bond donors (Lipinski definition) is 0. The molecule has 116 valence electrons. The zero-order valence-electron chi connectivity index (χ0n) is 13.1.